The zero-order valence-corrected chi connectivity index (χ0v) is 18.5. The van der Waals surface area contributed by atoms with Crippen molar-refractivity contribution in [2.75, 3.05) is 20.8 Å². The van der Waals surface area contributed by atoms with Crippen molar-refractivity contribution < 1.29 is 32.6 Å². The normalized spacial score (nSPS) is 15.0. The Bertz CT molecular complexity index is 1090. The lowest BCUT2D eigenvalue weighted by Gasteiger charge is -2.26. The van der Waals surface area contributed by atoms with Crippen LogP contribution in [0.4, 0.5) is 0 Å². The van der Waals surface area contributed by atoms with E-state index in [0.29, 0.717) is 24.0 Å². The maximum Gasteiger partial charge on any atom is 0.315 e. The molecular formula is C25H30O6. The van der Waals surface area contributed by atoms with E-state index in [9.17, 15) is 9.59 Å². The molecule has 0 aliphatic heterocycles. The van der Waals surface area contributed by atoms with E-state index in [1.165, 1.54) is 13.2 Å². The van der Waals surface area contributed by atoms with Gasteiger partial charge in [0, 0.05) is 17.5 Å². The Balaban J connectivity index is 2.10. The molecule has 0 aromatic heterocycles. The van der Waals surface area contributed by atoms with Crippen LogP contribution in [0.3, 0.4) is 0 Å². The van der Waals surface area contributed by atoms with Crippen LogP contribution in [0.1, 0.15) is 54.1 Å². The highest BCUT2D eigenvalue weighted by molar-refractivity contribution is 6.02. The Kier molecular flexibility index (Phi) is 5.44. The number of methoxy groups -OCH3 is 2. The van der Waals surface area contributed by atoms with Crippen molar-refractivity contribution in [3.8, 4) is 28.4 Å². The van der Waals surface area contributed by atoms with Crippen molar-refractivity contribution in [1.29, 1.82) is 0 Å². The largest absolute Gasteiger partial charge is 0.493 e. The van der Waals surface area contributed by atoms with Gasteiger partial charge in [-0.25, -0.2) is 0 Å². The predicted octanol–water partition coefficient (Wildman–Crippen LogP) is 4.86. The summed E-state index contributed by atoms with van der Waals surface area (Å²) in [4.78, 5) is 24.9. The molecule has 0 unspecified atom stereocenters. The van der Waals surface area contributed by atoms with Gasteiger partial charge < -0.3 is 18.9 Å². The summed E-state index contributed by atoms with van der Waals surface area (Å²) >= 11 is 0. The standard InChI is InChI=1S/C25H30O6/c1-15(2)31-24(27)25(3,4)14-30-22-19(11-13-21(28-5)23(22)29-6)16-8-7-9-18-17(16)10-12-20(18)26/h7-9,11,13,15H,10,12,14H2,1-6H3/i5D3. The number of ketones is 1. The minimum Gasteiger partial charge on any atom is -0.493 e. The lowest BCUT2D eigenvalue weighted by molar-refractivity contribution is -0.159. The molecule has 0 fully saturated rings. The van der Waals surface area contributed by atoms with E-state index >= 15 is 0 Å². The van der Waals surface area contributed by atoms with Gasteiger partial charge in [-0.1, -0.05) is 18.2 Å². The van der Waals surface area contributed by atoms with Crippen molar-refractivity contribution in [2.24, 2.45) is 5.41 Å². The predicted molar refractivity (Wildman–Crippen MR) is 118 cm³/mol. The molecule has 0 bridgehead atoms. The summed E-state index contributed by atoms with van der Waals surface area (Å²) in [6.45, 7) is 6.87. The second-order valence-corrected chi connectivity index (χ2v) is 8.46. The Morgan fingerprint density at radius 2 is 1.81 bits per heavy atom. The van der Waals surface area contributed by atoms with Crippen LogP contribution in [0.25, 0.3) is 11.1 Å². The average molecular weight is 430 g/mol. The van der Waals surface area contributed by atoms with Crippen LogP contribution in [0.5, 0.6) is 17.2 Å². The zero-order chi connectivity index (χ0) is 25.3. The van der Waals surface area contributed by atoms with Gasteiger partial charge in [-0.05, 0) is 57.4 Å². The van der Waals surface area contributed by atoms with Crippen molar-refractivity contribution in [3.05, 3.63) is 41.5 Å². The molecule has 0 atom stereocenters. The van der Waals surface area contributed by atoms with Crippen LogP contribution in [0.15, 0.2) is 30.3 Å². The molecule has 0 heterocycles. The van der Waals surface area contributed by atoms with Gasteiger partial charge in [-0.15, -0.1) is 0 Å². The summed E-state index contributed by atoms with van der Waals surface area (Å²) in [5, 5.41) is 0. The fourth-order valence-electron chi connectivity index (χ4n) is 3.60. The average Bonchev–Trinajstić information content (AvgIpc) is 3.12. The lowest BCUT2D eigenvalue weighted by Crippen LogP contribution is -2.34. The topological polar surface area (TPSA) is 71.1 Å². The highest BCUT2D eigenvalue weighted by Crippen LogP contribution is 2.47. The fourth-order valence-corrected chi connectivity index (χ4v) is 3.60. The van der Waals surface area contributed by atoms with E-state index in [-0.39, 0.29) is 35.7 Å². The molecular weight excluding hydrogens is 396 g/mol. The molecule has 6 heteroatoms. The third kappa shape index (κ3) is 4.53. The van der Waals surface area contributed by atoms with E-state index in [0.717, 1.165) is 11.1 Å². The summed E-state index contributed by atoms with van der Waals surface area (Å²) in [7, 11) is -1.32. The third-order valence-corrected chi connectivity index (χ3v) is 5.23. The van der Waals surface area contributed by atoms with E-state index < -0.39 is 18.4 Å². The van der Waals surface area contributed by atoms with Crippen LogP contribution < -0.4 is 14.2 Å². The Morgan fingerprint density at radius 3 is 2.48 bits per heavy atom. The van der Waals surface area contributed by atoms with E-state index in [1.54, 1.807) is 45.9 Å². The number of benzene rings is 2. The molecule has 2 aromatic rings. The number of fused-ring (bicyclic) bond motifs is 1. The SMILES string of the molecule is [2H]C([2H])([2H])Oc1ccc(-c2cccc3c2CCC3=O)c(OCC(C)(C)C(=O)OC(C)C)c1OC. The van der Waals surface area contributed by atoms with Crippen molar-refractivity contribution in [2.45, 2.75) is 46.6 Å². The molecule has 1 aliphatic rings. The van der Waals surface area contributed by atoms with Gasteiger partial charge in [0.2, 0.25) is 5.75 Å². The molecule has 0 saturated carbocycles. The Morgan fingerprint density at radius 1 is 1.06 bits per heavy atom. The molecule has 3 rings (SSSR count). The number of rotatable bonds is 8. The maximum absolute atomic E-state index is 12.6. The van der Waals surface area contributed by atoms with E-state index in [1.807, 2.05) is 6.07 Å². The number of Topliss-reactive ketones (excluding diaryl/α,β-unsaturated/α-hetero) is 1. The summed E-state index contributed by atoms with van der Waals surface area (Å²) in [6, 6.07) is 8.65. The van der Waals surface area contributed by atoms with Gasteiger partial charge in [0.25, 0.3) is 0 Å². The smallest absolute Gasteiger partial charge is 0.315 e. The molecule has 1 aliphatic carbocycles. The maximum atomic E-state index is 12.6. The van der Waals surface area contributed by atoms with Crippen LogP contribution in [-0.2, 0) is 16.0 Å². The van der Waals surface area contributed by atoms with Crippen LogP contribution in [0.2, 0.25) is 0 Å². The van der Waals surface area contributed by atoms with Crippen LogP contribution in [-0.4, -0.2) is 38.6 Å². The van der Waals surface area contributed by atoms with Crippen molar-refractivity contribution in [3.63, 3.8) is 0 Å². The summed E-state index contributed by atoms with van der Waals surface area (Å²) < 4.78 is 44.6. The molecule has 0 amide bonds. The Hall–Kier alpha value is -3.02. The molecule has 0 spiro atoms. The van der Waals surface area contributed by atoms with Gasteiger partial charge in [-0.2, -0.15) is 0 Å². The number of esters is 1. The molecule has 2 aromatic carbocycles. The van der Waals surface area contributed by atoms with Gasteiger partial charge in [0.15, 0.2) is 17.3 Å². The second-order valence-electron chi connectivity index (χ2n) is 8.46. The fraction of sp³-hybridized carbons (Fsp3) is 0.440. The quantitative estimate of drug-likeness (QED) is 0.558. The highest BCUT2D eigenvalue weighted by Gasteiger charge is 2.33. The first-order valence-corrected chi connectivity index (χ1v) is 10.2. The van der Waals surface area contributed by atoms with Gasteiger partial charge in [-0.3, -0.25) is 9.59 Å². The molecule has 0 saturated heterocycles. The van der Waals surface area contributed by atoms with E-state index in [4.69, 9.17) is 23.1 Å². The molecule has 0 radical (unpaired) electrons. The number of hydrogen-bond acceptors (Lipinski definition) is 6. The Labute approximate surface area is 187 Å². The van der Waals surface area contributed by atoms with Gasteiger partial charge >= 0.3 is 5.97 Å². The first-order chi connectivity index (χ1) is 15.8. The van der Waals surface area contributed by atoms with Crippen LogP contribution in [0, 0.1) is 5.41 Å². The van der Waals surface area contributed by atoms with E-state index in [2.05, 4.69) is 0 Å². The number of carbonyl (C=O) groups excluding carboxylic acids is 2. The van der Waals surface area contributed by atoms with Crippen molar-refractivity contribution >= 4 is 11.8 Å². The first kappa shape index (κ1) is 18.7. The van der Waals surface area contributed by atoms with Crippen LogP contribution >= 0.6 is 0 Å². The summed E-state index contributed by atoms with van der Waals surface area (Å²) in [5.74, 6) is -0.0613. The lowest BCUT2D eigenvalue weighted by atomic mass is 9.94. The van der Waals surface area contributed by atoms with Crippen molar-refractivity contribution in [1.82, 2.24) is 0 Å². The minimum absolute atomic E-state index is 0.0209. The summed E-state index contributed by atoms with van der Waals surface area (Å²) in [5.41, 5.74) is 1.93. The zero-order valence-electron chi connectivity index (χ0n) is 21.5. The second kappa shape index (κ2) is 9.00. The number of hydrogen-bond donors (Lipinski definition) is 0. The molecule has 166 valence electrons. The molecule has 0 N–H and O–H groups in total. The minimum atomic E-state index is -2.70. The first-order valence-electron chi connectivity index (χ1n) is 11.7. The van der Waals surface area contributed by atoms with Gasteiger partial charge in [0.1, 0.15) is 6.61 Å². The summed E-state index contributed by atoms with van der Waals surface area (Å²) in [6.07, 6.45) is 0.733. The molecule has 31 heavy (non-hydrogen) atoms. The van der Waals surface area contributed by atoms with Gasteiger partial charge in [0.05, 0.1) is 29.8 Å². The monoisotopic (exact) mass is 429 g/mol. The third-order valence-electron chi connectivity index (χ3n) is 5.23. The number of ether oxygens (including phenoxy) is 4. The number of carbonyl (C=O) groups is 2. The highest BCUT2D eigenvalue weighted by atomic mass is 16.6. The molecule has 6 nitrogen and oxygen atoms in total.